The molecule has 150 valence electrons. The molecule has 0 unspecified atom stereocenters. The normalized spacial score (nSPS) is 11.5. The third kappa shape index (κ3) is 2.80. The maximum absolute atomic E-state index is 14.4. The second kappa shape index (κ2) is 6.60. The van der Waals surface area contributed by atoms with E-state index in [-0.39, 0.29) is 5.82 Å². The molecule has 0 bridgehead atoms. The summed E-state index contributed by atoms with van der Waals surface area (Å²) in [4.78, 5) is 12.4. The van der Waals surface area contributed by atoms with Crippen molar-refractivity contribution >= 4 is 21.8 Å². The maximum Gasteiger partial charge on any atom is 0.132 e. The van der Waals surface area contributed by atoms with Crippen molar-refractivity contribution in [2.24, 2.45) is 7.05 Å². The molecule has 0 aliphatic rings. The van der Waals surface area contributed by atoms with E-state index in [4.69, 9.17) is 0 Å². The van der Waals surface area contributed by atoms with Gasteiger partial charge in [-0.1, -0.05) is 12.1 Å². The zero-order valence-corrected chi connectivity index (χ0v) is 16.5. The van der Waals surface area contributed by atoms with Gasteiger partial charge in [0.1, 0.15) is 11.5 Å². The van der Waals surface area contributed by atoms with Crippen molar-refractivity contribution in [3.8, 4) is 33.9 Å². The minimum Gasteiger partial charge on any atom is -0.353 e. The van der Waals surface area contributed by atoms with Crippen LogP contribution in [-0.4, -0.2) is 34.9 Å². The molecule has 5 aromatic heterocycles. The maximum atomic E-state index is 14.4. The number of pyridine rings is 2. The van der Waals surface area contributed by atoms with Gasteiger partial charge in [0.05, 0.1) is 35.0 Å². The standard InChI is InChI=1S/C23H16FN7/c1-31-12-13(10-27-31)19-8-16-21(11-26-19)29-30-23(16)20-9-15-18(28-20)6-7-25-22(15)14-4-2-3-5-17(14)24/h2-12,28H,1H3,(H,29,30). The van der Waals surface area contributed by atoms with Crippen LogP contribution in [0.5, 0.6) is 0 Å². The minimum atomic E-state index is -0.303. The van der Waals surface area contributed by atoms with Gasteiger partial charge in [0.2, 0.25) is 0 Å². The van der Waals surface area contributed by atoms with Crippen LogP contribution in [0.1, 0.15) is 0 Å². The molecule has 0 spiro atoms. The summed E-state index contributed by atoms with van der Waals surface area (Å²) in [7, 11) is 1.87. The highest BCUT2D eigenvalue weighted by atomic mass is 19.1. The van der Waals surface area contributed by atoms with E-state index in [0.29, 0.717) is 11.3 Å². The average molecular weight is 409 g/mol. The summed E-state index contributed by atoms with van der Waals surface area (Å²) in [6.07, 6.45) is 7.15. The van der Waals surface area contributed by atoms with Gasteiger partial charge < -0.3 is 4.98 Å². The summed E-state index contributed by atoms with van der Waals surface area (Å²) in [5.74, 6) is -0.303. The third-order valence-electron chi connectivity index (χ3n) is 5.38. The van der Waals surface area contributed by atoms with Crippen LogP contribution in [0, 0.1) is 5.82 Å². The Hall–Kier alpha value is -4.33. The van der Waals surface area contributed by atoms with E-state index in [0.717, 1.165) is 44.5 Å². The van der Waals surface area contributed by atoms with Crippen LogP contribution in [0.3, 0.4) is 0 Å². The summed E-state index contributed by atoms with van der Waals surface area (Å²) in [6, 6.07) is 12.5. The Bertz CT molecular complexity index is 1570. The lowest BCUT2D eigenvalue weighted by atomic mass is 10.1. The van der Waals surface area contributed by atoms with Crippen LogP contribution in [-0.2, 0) is 7.05 Å². The van der Waals surface area contributed by atoms with Crippen molar-refractivity contribution in [3.05, 3.63) is 73.1 Å². The lowest BCUT2D eigenvalue weighted by molar-refractivity contribution is 0.631. The van der Waals surface area contributed by atoms with Crippen molar-refractivity contribution in [1.29, 1.82) is 0 Å². The number of nitrogens with one attached hydrogen (secondary N) is 2. The minimum absolute atomic E-state index is 0.303. The first-order chi connectivity index (χ1) is 15.2. The fourth-order valence-electron chi connectivity index (χ4n) is 3.88. The van der Waals surface area contributed by atoms with Gasteiger partial charge in [0.15, 0.2) is 0 Å². The van der Waals surface area contributed by atoms with E-state index < -0.39 is 0 Å². The number of fused-ring (bicyclic) bond motifs is 2. The van der Waals surface area contributed by atoms with E-state index in [9.17, 15) is 4.39 Å². The highest BCUT2D eigenvalue weighted by molar-refractivity contribution is 6.00. The number of hydrogen-bond donors (Lipinski definition) is 2. The Morgan fingerprint density at radius 2 is 1.81 bits per heavy atom. The molecule has 0 saturated heterocycles. The summed E-state index contributed by atoms with van der Waals surface area (Å²) in [5.41, 5.74) is 6.07. The molecule has 5 heterocycles. The van der Waals surface area contributed by atoms with E-state index >= 15 is 0 Å². The fourth-order valence-corrected chi connectivity index (χ4v) is 3.88. The van der Waals surface area contributed by atoms with Gasteiger partial charge in [-0.2, -0.15) is 10.2 Å². The molecule has 6 aromatic rings. The van der Waals surface area contributed by atoms with Gasteiger partial charge >= 0.3 is 0 Å². The first-order valence-corrected chi connectivity index (χ1v) is 9.73. The van der Waals surface area contributed by atoms with E-state index in [1.807, 2.05) is 31.4 Å². The summed E-state index contributed by atoms with van der Waals surface area (Å²) < 4.78 is 16.2. The number of H-pyrrole nitrogens is 2. The van der Waals surface area contributed by atoms with Gasteiger partial charge in [-0.25, -0.2) is 4.39 Å². The topological polar surface area (TPSA) is 88.1 Å². The molecule has 7 nitrogen and oxygen atoms in total. The number of aromatic amines is 2. The molecule has 0 saturated carbocycles. The monoisotopic (exact) mass is 409 g/mol. The van der Waals surface area contributed by atoms with Crippen LogP contribution in [0.2, 0.25) is 0 Å². The number of rotatable bonds is 3. The average Bonchev–Trinajstić information content (AvgIpc) is 3.50. The van der Waals surface area contributed by atoms with Gasteiger partial charge in [-0.15, -0.1) is 0 Å². The van der Waals surface area contributed by atoms with Crippen molar-refractivity contribution in [3.63, 3.8) is 0 Å². The van der Waals surface area contributed by atoms with E-state index in [1.54, 1.807) is 41.5 Å². The Kier molecular flexibility index (Phi) is 3.73. The highest BCUT2D eigenvalue weighted by Crippen LogP contribution is 2.34. The molecule has 31 heavy (non-hydrogen) atoms. The Morgan fingerprint density at radius 1 is 0.935 bits per heavy atom. The molecular formula is C23H16FN7. The Balaban J connectivity index is 1.52. The van der Waals surface area contributed by atoms with Gasteiger partial charge in [-0.3, -0.25) is 19.7 Å². The van der Waals surface area contributed by atoms with Crippen LogP contribution in [0.25, 0.3) is 55.7 Å². The number of aromatic nitrogens is 7. The predicted molar refractivity (Wildman–Crippen MR) is 117 cm³/mol. The molecule has 0 radical (unpaired) electrons. The van der Waals surface area contributed by atoms with Crippen LogP contribution in [0.15, 0.2) is 67.3 Å². The van der Waals surface area contributed by atoms with E-state index in [2.05, 4.69) is 30.2 Å². The second-order valence-electron chi connectivity index (χ2n) is 7.37. The van der Waals surface area contributed by atoms with Crippen LogP contribution < -0.4 is 0 Å². The van der Waals surface area contributed by atoms with Crippen LogP contribution >= 0.6 is 0 Å². The quantitative estimate of drug-likeness (QED) is 0.443. The van der Waals surface area contributed by atoms with Crippen LogP contribution in [0.4, 0.5) is 4.39 Å². The molecule has 6 rings (SSSR count). The number of benzene rings is 1. The SMILES string of the molecule is Cn1cc(-c2cc3c(-c4cc5c(-c6ccccc6F)nccc5[nH]4)n[nH]c3cn2)cn1. The van der Waals surface area contributed by atoms with Crippen molar-refractivity contribution in [2.75, 3.05) is 0 Å². The fraction of sp³-hybridized carbons (Fsp3) is 0.0435. The first kappa shape index (κ1) is 17.5. The second-order valence-corrected chi connectivity index (χ2v) is 7.37. The zero-order valence-electron chi connectivity index (χ0n) is 16.5. The Labute approximate surface area is 175 Å². The molecule has 0 aliphatic heterocycles. The molecule has 0 atom stereocenters. The zero-order chi connectivity index (χ0) is 20.9. The molecule has 0 amide bonds. The van der Waals surface area contributed by atoms with Gasteiger partial charge in [0, 0.05) is 46.9 Å². The largest absolute Gasteiger partial charge is 0.353 e. The summed E-state index contributed by atoms with van der Waals surface area (Å²) in [6.45, 7) is 0. The number of halogens is 1. The predicted octanol–water partition coefficient (Wildman–Crippen LogP) is 4.71. The molecule has 0 aliphatic carbocycles. The third-order valence-corrected chi connectivity index (χ3v) is 5.38. The number of hydrogen-bond acceptors (Lipinski definition) is 4. The van der Waals surface area contributed by atoms with Crippen molar-refractivity contribution in [2.45, 2.75) is 0 Å². The number of nitrogens with zero attached hydrogens (tertiary/aromatic N) is 5. The number of aryl methyl sites for hydroxylation is 1. The molecule has 0 fully saturated rings. The molecule has 8 heteroatoms. The van der Waals surface area contributed by atoms with Gasteiger partial charge in [0.25, 0.3) is 0 Å². The van der Waals surface area contributed by atoms with Crippen molar-refractivity contribution < 1.29 is 4.39 Å². The first-order valence-electron chi connectivity index (χ1n) is 9.73. The van der Waals surface area contributed by atoms with Crippen molar-refractivity contribution in [1.82, 2.24) is 34.9 Å². The molecular weight excluding hydrogens is 393 g/mol. The summed E-state index contributed by atoms with van der Waals surface area (Å²) in [5, 5.41) is 13.5. The molecule has 1 aromatic carbocycles. The lowest BCUT2D eigenvalue weighted by Gasteiger charge is -2.03. The van der Waals surface area contributed by atoms with E-state index in [1.165, 1.54) is 6.07 Å². The van der Waals surface area contributed by atoms with Gasteiger partial charge in [-0.05, 0) is 30.3 Å². The lowest BCUT2D eigenvalue weighted by Crippen LogP contribution is -1.87. The summed E-state index contributed by atoms with van der Waals surface area (Å²) >= 11 is 0. The smallest absolute Gasteiger partial charge is 0.132 e. The Morgan fingerprint density at radius 3 is 2.65 bits per heavy atom. The molecule has 2 N–H and O–H groups in total. The highest BCUT2D eigenvalue weighted by Gasteiger charge is 2.16.